The van der Waals surface area contributed by atoms with E-state index < -0.39 is 0 Å². The standard InChI is InChI=1S/C18H22BrN5O2/c19-13-4-6-14(7-5-13)23-18(26)10-20-16-9-17(22-12-21-16)24-8-2-1-3-15(24)11-25/h4-7,9,12,15,25H,1-3,8,10-11H2,(H,23,26)(H,20,21,22). The molecule has 1 aliphatic rings. The SMILES string of the molecule is O=C(CNc1cc(N2CCCCC2CO)ncn1)Nc1ccc(Br)cc1. The number of carbonyl (C=O) groups is 1. The van der Waals surface area contributed by atoms with Crippen molar-refractivity contribution in [2.24, 2.45) is 0 Å². The zero-order chi connectivity index (χ0) is 18.4. The lowest BCUT2D eigenvalue weighted by atomic mass is 10.0. The van der Waals surface area contributed by atoms with Gasteiger partial charge in [-0.25, -0.2) is 9.97 Å². The predicted octanol–water partition coefficient (Wildman–Crippen LogP) is 2.64. The maximum atomic E-state index is 12.1. The van der Waals surface area contributed by atoms with E-state index in [1.165, 1.54) is 6.33 Å². The van der Waals surface area contributed by atoms with Gasteiger partial charge in [-0.15, -0.1) is 0 Å². The monoisotopic (exact) mass is 419 g/mol. The highest BCUT2D eigenvalue weighted by molar-refractivity contribution is 9.10. The molecule has 1 saturated heterocycles. The van der Waals surface area contributed by atoms with Gasteiger partial charge >= 0.3 is 0 Å². The van der Waals surface area contributed by atoms with Crippen molar-refractivity contribution in [3.8, 4) is 0 Å². The summed E-state index contributed by atoms with van der Waals surface area (Å²) in [4.78, 5) is 22.7. The molecule has 3 N–H and O–H groups in total. The number of halogens is 1. The smallest absolute Gasteiger partial charge is 0.243 e. The molecule has 3 rings (SSSR count). The summed E-state index contributed by atoms with van der Waals surface area (Å²) in [6.45, 7) is 1.09. The highest BCUT2D eigenvalue weighted by Gasteiger charge is 2.23. The van der Waals surface area contributed by atoms with Crippen molar-refractivity contribution < 1.29 is 9.90 Å². The fourth-order valence-electron chi connectivity index (χ4n) is 3.00. The Labute approximate surface area is 161 Å². The lowest BCUT2D eigenvalue weighted by molar-refractivity contribution is -0.114. The summed E-state index contributed by atoms with van der Waals surface area (Å²) in [5.74, 6) is 1.21. The van der Waals surface area contributed by atoms with Crippen LogP contribution in [0.1, 0.15) is 19.3 Å². The summed E-state index contributed by atoms with van der Waals surface area (Å²) in [7, 11) is 0. The number of rotatable bonds is 6. The van der Waals surface area contributed by atoms with E-state index in [1.54, 1.807) is 0 Å². The molecule has 1 unspecified atom stereocenters. The molecule has 1 atom stereocenters. The van der Waals surface area contributed by atoms with E-state index in [-0.39, 0.29) is 25.1 Å². The van der Waals surface area contributed by atoms with E-state index >= 15 is 0 Å². The van der Waals surface area contributed by atoms with E-state index in [9.17, 15) is 9.90 Å². The van der Waals surface area contributed by atoms with E-state index in [0.29, 0.717) is 5.82 Å². The molecule has 2 aromatic rings. The van der Waals surface area contributed by atoms with Gasteiger partial charge in [0.2, 0.25) is 5.91 Å². The van der Waals surface area contributed by atoms with E-state index in [2.05, 4.69) is 41.4 Å². The second-order valence-corrected chi connectivity index (χ2v) is 7.11. The van der Waals surface area contributed by atoms with Crippen molar-refractivity contribution in [2.75, 3.05) is 35.2 Å². The number of aliphatic hydroxyl groups excluding tert-OH is 1. The number of aromatic nitrogens is 2. The molecule has 0 saturated carbocycles. The molecule has 2 heterocycles. The number of nitrogens with one attached hydrogen (secondary N) is 2. The molecule has 0 bridgehead atoms. The number of hydrogen-bond acceptors (Lipinski definition) is 6. The molecule has 0 radical (unpaired) electrons. The Kier molecular flexibility index (Phi) is 6.40. The summed E-state index contributed by atoms with van der Waals surface area (Å²) >= 11 is 3.36. The second kappa shape index (κ2) is 8.95. The highest BCUT2D eigenvalue weighted by Crippen LogP contribution is 2.24. The Hall–Kier alpha value is -2.19. The van der Waals surface area contributed by atoms with Crippen LogP contribution in [0.3, 0.4) is 0 Å². The number of hydrogen-bond donors (Lipinski definition) is 3. The number of piperidine rings is 1. The quantitative estimate of drug-likeness (QED) is 0.666. The maximum Gasteiger partial charge on any atom is 0.243 e. The largest absolute Gasteiger partial charge is 0.394 e. The molecule has 1 aromatic carbocycles. The molecule has 8 heteroatoms. The average Bonchev–Trinajstić information content (AvgIpc) is 2.68. The normalized spacial score (nSPS) is 17.0. The molecule has 138 valence electrons. The molecular formula is C18H22BrN5O2. The number of carbonyl (C=O) groups excluding carboxylic acids is 1. The lowest BCUT2D eigenvalue weighted by Gasteiger charge is -2.35. The average molecular weight is 420 g/mol. The van der Waals surface area contributed by atoms with Crippen LogP contribution in [0, 0.1) is 0 Å². The van der Waals surface area contributed by atoms with Crippen LogP contribution in [0.15, 0.2) is 41.1 Å². The second-order valence-electron chi connectivity index (χ2n) is 6.20. The molecule has 1 aliphatic heterocycles. The van der Waals surface area contributed by atoms with Crippen molar-refractivity contribution >= 4 is 39.2 Å². The summed E-state index contributed by atoms with van der Waals surface area (Å²) in [5.41, 5.74) is 0.738. The molecule has 7 nitrogen and oxygen atoms in total. The molecular weight excluding hydrogens is 398 g/mol. The highest BCUT2D eigenvalue weighted by atomic mass is 79.9. The van der Waals surface area contributed by atoms with Crippen LogP contribution >= 0.6 is 15.9 Å². The number of aliphatic hydroxyl groups is 1. The topological polar surface area (TPSA) is 90.4 Å². The first-order chi connectivity index (χ1) is 12.7. The van der Waals surface area contributed by atoms with Gasteiger partial charge in [-0.05, 0) is 43.5 Å². The van der Waals surface area contributed by atoms with Crippen molar-refractivity contribution in [1.82, 2.24) is 9.97 Å². The number of nitrogens with zero attached hydrogens (tertiary/aromatic N) is 3. The van der Waals surface area contributed by atoms with E-state index in [0.717, 1.165) is 41.8 Å². The zero-order valence-corrected chi connectivity index (χ0v) is 15.9. The Morgan fingerprint density at radius 1 is 1.27 bits per heavy atom. The van der Waals surface area contributed by atoms with Gasteiger partial charge in [-0.3, -0.25) is 4.79 Å². The summed E-state index contributed by atoms with van der Waals surface area (Å²) in [6, 6.07) is 9.31. The van der Waals surface area contributed by atoms with Gasteiger partial charge < -0.3 is 20.6 Å². The van der Waals surface area contributed by atoms with E-state index in [4.69, 9.17) is 0 Å². The fraction of sp³-hybridized carbons (Fsp3) is 0.389. The molecule has 1 amide bonds. The minimum absolute atomic E-state index is 0.0900. The minimum atomic E-state index is -0.154. The molecule has 26 heavy (non-hydrogen) atoms. The Morgan fingerprint density at radius 2 is 2.08 bits per heavy atom. The van der Waals surface area contributed by atoms with Crippen LogP contribution in [0.5, 0.6) is 0 Å². The van der Waals surface area contributed by atoms with Gasteiger partial charge in [0.05, 0.1) is 19.2 Å². The van der Waals surface area contributed by atoms with Crippen LogP contribution in [0.2, 0.25) is 0 Å². The zero-order valence-electron chi connectivity index (χ0n) is 14.4. The molecule has 1 fully saturated rings. The summed E-state index contributed by atoms with van der Waals surface area (Å²) in [6.07, 6.45) is 4.64. The number of amides is 1. The van der Waals surface area contributed by atoms with Crippen LogP contribution in [0.4, 0.5) is 17.3 Å². The van der Waals surface area contributed by atoms with Crippen molar-refractivity contribution in [3.05, 3.63) is 41.1 Å². The first kappa shape index (κ1) is 18.6. The van der Waals surface area contributed by atoms with Crippen molar-refractivity contribution in [3.63, 3.8) is 0 Å². The Bertz CT molecular complexity index is 741. The maximum absolute atomic E-state index is 12.1. The van der Waals surface area contributed by atoms with Gasteiger partial charge in [0.25, 0.3) is 0 Å². The van der Waals surface area contributed by atoms with Crippen LogP contribution in [-0.4, -0.2) is 46.7 Å². The van der Waals surface area contributed by atoms with Crippen LogP contribution < -0.4 is 15.5 Å². The lowest BCUT2D eigenvalue weighted by Crippen LogP contribution is -2.42. The Morgan fingerprint density at radius 3 is 2.85 bits per heavy atom. The third kappa shape index (κ3) is 4.92. The predicted molar refractivity (Wildman–Crippen MR) is 105 cm³/mol. The molecule has 1 aromatic heterocycles. The van der Waals surface area contributed by atoms with Gasteiger partial charge in [0.1, 0.15) is 18.0 Å². The van der Waals surface area contributed by atoms with Gasteiger partial charge in [0, 0.05) is 22.8 Å². The Balaban J connectivity index is 1.58. The molecule has 0 aliphatic carbocycles. The summed E-state index contributed by atoms with van der Waals surface area (Å²) in [5, 5.41) is 15.4. The van der Waals surface area contributed by atoms with Crippen molar-refractivity contribution in [1.29, 1.82) is 0 Å². The third-order valence-corrected chi connectivity index (χ3v) is 4.87. The van der Waals surface area contributed by atoms with Crippen LogP contribution in [0.25, 0.3) is 0 Å². The van der Waals surface area contributed by atoms with Gasteiger partial charge in [-0.1, -0.05) is 15.9 Å². The van der Waals surface area contributed by atoms with Gasteiger partial charge in [-0.2, -0.15) is 0 Å². The number of benzene rings is 1. The molecule has 0 spiro atoms. The summed E-state index contributed by atoms with van der Waals surface area (Å²) < 4.78 is 0.959. The third-order valence-electron chi connectivity index (χ3n) is 4.34. The van der Waals surface area contributed by atoms with Crippen LogP contribution in [-0.2, 0) is 4.79 Å². The fourth-order valence-corrected chi connectivity index (χ4v) is 3.27. The first-order valence-electron chi connectivity index (χ1n) is 8.64. The number of anilines is 3. The van der Waals surface area contributed by atoms with Crippen molar-refractivity contribution in [2.45, 2.75) is 25.3 Å². The van der Waals surface area contributed by atoms with Gasteiger partial charge in [0.15, 0.2) is 0 Å². The minimum Gasteiger partial charge on any atom is -0.394 e. The van der Waals surface area contributed by atoms with E-state index in [1.807, 2.05) is 30.3 Å². The first-order valence-corrected chi connectivity index (χ1v) is 9.44.